The van der Waals surface area contributed by atoms with Crippen molar-refractivity contribution in [1.29, 1.82) is 0 Å². The van der Waals surface area contributed by atoms with Crippen molar-refractivity contribution in [2.75, 3.05) is 11.6 Å². The summed E-state index contributed by atoms with van der Waals surface area (Å²) in [6, 6.07) is 8.43. The number of rotatable bonds is 4. The van der Waals surface area contributed by atoms with Crippen molar-refractivity contribution in [3.8, 4) is 0 Å². The molecule has 0 aliphatic heterocycles. The highest BCUT2D eigenvalue weighted by Crippen LogP contribution is 2.30. The van der Waals surface area contributed by atoms with Crippen molar-refractivity contribution < 1.29 is 13.2 Å². The van der Waals surface area contributed by atoms with E-state index in [0.29, 0.717) is 26.2 Å². The molecule has 2 N–H and O–H groups in total. The standard InChI is InChI=1S/C15H14Cl2N2O3S2/c1-9-7-14(13(23-2)8-12(9)17)24(21,22)19-15(20)18-11-5-3-10(16)4-6-11/h3-8H,1-2H3,(H2,18,19,20). The smallest absolute Gasteiger partial charge is 0.307 e. The van der Waals surface area contributed by atoms with Crippen molar-refractivity contribution in [3.05, 3.63) is 52.0 Å². The Kier molecular flexibility index (Phi) is 6.03. The Bertz CT molecular complexity index is 869. The fourth-order valence-corrected chi connectivity index (χ4v) is 4.36. The Hall–Kier alpha value is -1.41. The van der Waals surface area contributed by atoms with Crippen LogP contribution in [-0.4, -0.2) is 20.7 Å². The molecule has 9 heteroatoms. The summed E-state index contributed by atoms with van der Waals surface area (Å²) in [5, 5.41) is 3.41. The lowest BCUT2D eigenvalue weighted by Gasteiger charge is -2.13. The molecule has 0 radical (unpaired) electrons. The number of sulfonamides is 1. The summed E-state index contributed by atoms with van der Waals surface area (Å²) >= 11 is 13.0. The number of carbonyl (C=O) groups excluding carboxylic acids is 1. The molecule has 0 saturated carbocycles. The number of anilines is 1. The zero-order valence-corrected chi connectivity index (χ0v) is 15.9. The summed E-state index contributed by atoms with van der Waals surface area (Å²) in [5.74, 6) is 0. The maximum atomic E-state index is 12.5. The number of thioether (sulfide) groups is 1. The van der Waals surface area contributed by atoms with E-state index in [1.54, 1.807) is 43.5 Å². The Morgan fingerprint density at radius 1 is 1.12 bits per heavy atom. The Morgan fingerprint density at radius 3 is 2.33 bits per heavy atom. The number of nitrogens with one attached hydrogen (secondary N) is 2. The van der Waals surface area contributed by atoms with Crippen LogP contribution in [0.25, 0.3) is 0 Å². The third kappa shape index (κ3) is 4.57. The number of urea groups is 1. The monoisotopic (exact) mass is 404 g/mol. The van der Waals surface area contributed by atoms with E-state index in [1.165, 1.54) is 17.8 Å². The maximum absolute atomic E-state index is 12.5. The number of benzene rings is 2. The molecular formula is C15H14Cl2N2O3S2. The quantitative estimate of drug-likeness (QED) is 0.733. The predicted octanol–water partition coefficient (Wildman–Crippen LogP) is 4.53. The van der Waals surface area contributed by atoms with Gasteiger partial charge >= 0.3 is 6.03 Å². The number of aryl methyl sites for hydroxylation is 1. The lowest BCUT2D eigenvalue weighted by atomic mass is 10.2. The van der Waals surface area contributed by atoms with Gasteiger partial charge < -0.3 is 5.32 Å². The molecule has 0 aliphatic rings. The van der Waals surface area contributed by atoms with Crippen LogP contribution in [0, 0.1) is 6.92 Å². The van der Waals surface area contributed by atoms with Crippen LogP contribution >= 0.6 is 35.0 Å². The maximum Gasteiger partial charge on any atom is 0.333 e. The van der Waals surface area contributed by atoms with E-state index in [9.17, 15) is 13.2 Å². The zero-order chi connectivity index (χ0) is 17.9. The topological polar surface area (TPSA) is 75.3 Å². The van der Waals surface area contributed by atoms with E-state index in [1.807, 2.05) is 4.72 Å². The van der Waals surface area contributed by atoms with Gasteiger partial charge in [0.05, 0.1) is 0 Å². The molecule has 0 spiro atoms. The van der Waals surface area contributed by atoms with E-state index in [2.05, 4.69) is 5.32 Å². The van der Waals surface area contributed by atoms with Gasteiger partial charge in [0.2, 0.25) is 0 Å². The molecule has 0 unspecified atom stereocenters. The Balaban J connectivity index is 2.23. The summed E-state index contributed by atoms with van der Waals surface area (Å²) < 4.78 is 27.0. The van der Waals surface area contributed by atoms with Crippen molar-refractivity contribution in [1.82, 2.24) is 4.72 Å². The second kappa shape index (κ2) is 7.65. The van der Waals surface area contributed by atoms with Gasteiger partial charge in [0.1, 0.15) is 4.90 Å². The van der Waals surface area contributed by atoms with Crippen molar-refractivity contribution in [3.63, 3.8) is 0 Å². The lowest BCUT2D eigenvalue weighted by Crippen LogP contribution is -2.34. The van der Waals surface area contributed by atoms with Crippen LogP contribution in [0.3, 0.4) is 0 Å². The second-order valence-electron chi connectivity index (χ2n) is 4.82. The minimum absolute atomic E-state index is 0.00292. The Morgan fingerprint density at radius 2 is 1.75 bits per heavy atom. The fraction of sp³-hybridized carbons (Fsp3) is 0.133. The van der Waals surface area contributed by atoms with Gasteiger partial charge in [-0.25, -0.2) is 17.9 Å². The Labute approximate surface area is 154 Å². The largest absolute Gasteiger partial charge is 0.333 e. The zero-order valence-electron chi connectivity index (χ0n) is 12.8. The molecule has 5 nitrogen and oxygen atoms in total. The van der Waals surface area contributed by atoms with Gasteiger partial charge in [-0.3, -0.25) is 0 Å². The highest BCUT2D eigenvalue weighted by molar-refractivity contribution is 7.99. The van der Waals surface area contributed by atoms with Crippen LogP contribution in [0.5, 0.6) is 0 Å². The van der Waals surface area contributed by atoms with E-state index in [0.717, 1.165) is 0 Å². The summed E-state index contributed by atoms with van der Waals surface area (Å²) in [6.07, 6.45) is 1.73. The molecule has 0 saturated heterocycles. The highest BCUT2D eigenvalue weighted by Gasteiger charge is 2.22. The van der Waals surface area contributed by atoms with Crippen molar-refractivity contribution in [2.45, 2.75) is 16.7 Å². The number of hydrogen-bond acceptors (Lipinski definition) is 4. The van der Waals surface area contributed by atoms with Gasteiger partial charge in [0.25, 0.3) is 10.0 Å². The average molecular weight is 405 g/mol. The van der Waals surface area contributed by atoms with Crippen molar-refractivity contribution >= 4 is 56.7 Å². The third-order valence-electron chi connectivity index (χ3n) is 3.06. The summed E-state index contributed by atoms with van der Waals surface area (Å²) in [4.78, 5) is 12.4. The number of amides is 2. The van der Waals surface area contributed by atoms with Crippen LogP contribution in [-0.2, 0) is 10.0 Å². The van der Waals surface area contributed by atoms with Gasteiger partial charge in [-0.15, -0.1) is 11.8 Å². The van der Waals surface area contributed by atoms with E-state index in [4.69, 9.17) is 23.2 Å². The molecule has 128 valence electrons. The third-order valence-corrected chi connectivity index (χ3v) is 6.00. The SMILES string of the molecule is CSc1cc(Cl)c(C)cc1S(=O)(=O)NC(=O)Nc1ccc(Cl)cc1. The second-order valence-corrected chi connectivity index (χ2v) is 8.16. The van der Waals surface area contributed by atoms with Crippen LogP contribution in [0.15, 0.2) is 46.2 Å². The van der Waals surface area contributed by atoms with Gasteiger partial charge in [0.15, 0.2) is 0 Å². The number of hydrogen-bond donors (Lipinski definition) is 2. The minimum atomic E-state index is -4.04. The molecule has 0 fully saturated rings. The van der Waals surface area contributed by atoms with Gasteiger partial charge in [0, 0.05) is 20.6 Å². The molecule has 0 heterocycles. The fourth-order valence-electron chi connectivity index (χ4n) is 1.87. The summed E-state index contributed by atoms with van der Waals surface area (Å²) in [5.41, 5.74) is 1.03. The molecule has 0 bridgehead atoms. The van der Waals surface area contributed by atoms with Crippen LogP contribution in [0.4, 0.5) is 10.5 Å². The van der Waals surface area contributed by atoms with Crippen LogP contribution in [0.1, 0.15) is 5.56 Å². The molecule has 0 aromatic heterocycles. The van der Waals surface area contributed by atoms with Crippen molar-refractivity contribution in [2.24, 2.45) is 0 Å². The number of halogens is 2. The average Bonchev–Trinajstić information content (AvgIpc) is 2.51. The molecule has 0 aliphatic carbocycles. The minimum Gasteiger partial charge on any atom is -0.307 e. The molecule has 24 heavy (non-hydrogen) atoms. The first-order valence-electron chi connectivity index (χ1n) is 6.66. The van der Waals surface area contributed by atoms with E-state index in [-0.39, 0.29) is 4.90 Å². The first-order chi connectivity index (χ1) is 11.2. The predicted molar refractivity (Wildman–Crippen MR) is 98.8 cm³/mol. The highest BCUT2D eigenvalue weighted by atomic mass is 35.5. The first kappa shape index (κ1) is 18.9. The molecule has 2 aromatic rings. The molecule has 2 rings (SSSR count). The first-order valence-corrected chi connectivity index (χ1v) is 10.1. The normalized spacial score (nSPS) is 11.2. The molecule has 0 atom stereocenters. The lowest BCUT2D eigenvalue weighted by molar-refractivity contribution is 0.256. The molecule has 2 amide bonds. The van der Waals surface area contributed by atoms with Crippen LogP contribution < -0.4 is 10.0 Å². The summed E-state index contributed by atoms with van der Waals surface area (Å²) in [6.45, 7) is 1.69. The van der Waals surface area contributed by atoms with Gasteiger partial charge in [-0.1, -0.05) is 23.2 Å². The van der Waals surface area contributed by atoms with Crippen LogP contribution in [0.2, 0.25) is 10.0 Å². The van der Waals surface area contributed by atoms with E-state index >= 15 is 0 Å². The number of carbonyl (C=O) groups is 1. The molecule has 2 aromatic carbocycles. The summed E-state index contributed by atoms with van der Waals surface area (Å²) in [7, 11) is -4.04. The van der Waals surface area contributed by atoms with E-state index < -0.39 is 16.1 Å². The van der Waals surface area contributed by atoms with Gasteiger partial charge in [-0.05, 0) is 55.1 Å². The van der Waals surface area contributed by atoms with Gasteiger partial charge in [-0.2, -0.15) is 0 Å². The molecular weight excluding hydrogens is 391 g/mol.